The molecule has 1 aliphatic rings. The van der Waals surface area contributed by atoms with Crippen molar-refractivity contribution in [3.8, 4) is 32.7 Å². The van der Waals surface area contributed by atoms with Crippen LogP contribution in [0.2, 0.25) is 0 Å². The van der Waals surface area contributed by atoms with Gasteiger partial charge in [0.05, 0.1) is 11.1 Å². The molecule has 0 N–H and O–H groups in total. The lowest BCUT2D eigenvalue weighted by atomic mass is 9.67. The number of thiophene rings is 1. The van der Waals surface area contributed by atoms with E-state index in [1.807, 2.05) is 11.3 Å². The zero-order valence-electron chi connectivity index (χ0n) is 31.2. The average Bonchev–Trinajstić information content (AvgIpc) is 3.81. The Bertz CT molecular complexity index is 3010. The fourth-order valence-electron chi connectivity index (χ4n) is 9.21. The van der Waals surface area contributed by atoms with Gasteiger partial charge in [0, 0.05) is 26.3 Å². The van der Waals surface area contributed by atoms with Crippen molar-refractivity contribution in [1.29, 1.82) is 0 Å². The number of hydrogen-bond donors (Lipinski definition) is 0. The Morgan fingerprint density at radius 2 is 0.947 bits per heavy atom. The van der Waals surface area contributed by atoms with Crippen LogP contribution in [0.1, 0.15) is 22.3 Å². The molecule has 0 atom stereocenters. The zero-order chi connectivity index (χ0) is 37.8. The van der Waals surface area contributed by atoms with Gasteiger partial charge < -0.3 is 4.90 Å². The van der Waals surface area contributed by atoms with Crippen molar-refractivity contribution in [2.45, 2.75) is 5.41 Å². The second-order valence-electron chi connectivity index (χ2n) is 14.8. The first kappa shape index (κ1) is 33.3. The molecule has 0 saturated carbocycles. The van der Waals surface area contributed by atoms with E-state index in [2.05, 4.69) is 229 Å². The predicted molar refractivity (Wildman–Crippen MR) is 242 cm³/mol. The highest BCUT2D eigenvalue weighted by atomic mass is 32.1. The minimum Gasteiger partial charge on any atom is -0.310 e. The van der Waals surface area contributed by atoms with Gasteiger partial charge in [-0.15, -0.1) is 11.3 Å². The molecule has 57 heavy (non-hydrogen) atoms. The van der Waals surface area contributed by atoms with Crippen molar-refractivity contribution in [2.24, 2.45) is 0 Å². The van der Waals surface area contributed by atoms with Gasteiger partial charge in [-0.2, -0.15) is 0 Å². The molecule has 0 amide bonds. The second kappa shape index (κ2) is 13.6. The highest BCUT2D eigenvalue weighted by Gasteiger charge is 2.48. The number of rotatable bonds is 7. The molecule has 0 spiro atoms. The first-order valence-electron chi connectivity index (χ1n) is 19.6. The van der Waals surface area contributed by atoms with Gasteiger partial charge in [-0.3, -0.25) is 0 Å². The Morgan fingerprint density at radius 3 is 1.70 bits per heavy atom. The molecular weight excluding hydrogens is 707 g/mol. The Kier molecular flexibility index (Phi) is 7.98. The first-order valence-corrected chi connectivity index (χ1v) is 20.4. The van der Waals surface area contributed by atoms with Crippen LogP contribution in [-0.2, 0) is 5.41 Å². The fourth-order valence-corrected chi connectivity index (χ4v) is 10.5. The van der Waals surface area contributed by atoms with Gasteiger partial charge in [-0.05, 0) is 103 Å². The van der Waals surface area contributed by atoms with Crippen LogP contribution >= 0.6 is 11.3 Å². The van der Waals surface area contributed by atoms with Gasteiger partial charge in [0.1, 0.15) is 0 Å². The SMILES string of the molecule is c1ccc(-c2ccc(N(c3cccc(-c4ccc5c(c4)-c4sc6ccccc6c4C5(c4ccccc4)c4ccccc4)c3)c3cccc4ccccc34)cc2)cc1. The third-order valence-corrected chi connectivity index (χ3v) is 12.9. The van der Waals surface area contributed by atoms with Crippen LogP contribution in [0, 0.1) is 0 Å². The molecule has 268 valence electrons. The van der Waals surface area contributed by atoms with Gasteiger partial charge in [0.25, 0.3) is 0 Å². The maximum Gasteiger partial charge on any atom is 0.0728 e. The van der Waals surface area contributed by atoms with Gasteiger partial charge in [0.15, 0.2) is 0 Å². The van der Waals surface area contributed by atoms with Crippen LogP contribution in [0.4, 0.5) is 17.1 Å². The third kappa shape index (κ3) is 5.37. The lowest BCUT2D eigenvalue weighted by molar-refractivity contribution is 0.777. The van der Waals surface area contributed by atoms with Crippen LogP contribution in [-0.4, -0.2) is 0 Å². The number of hydrogen-bond acceptors (Lipinski definition) is 2. The normalized spacial score (nSPS) is 12.7. The number of anilines is 3. The van der Waals surface area contributed by atoms with Crippen molar-refractivity contribution in [3.05, 3.63) is 247 Å². The summed E-state index contributed by atoms with van der Waals surface area (Å²) in [7, 11) is 0. The Hall–Kier alpha value is -7.00. The molecule has 0 aliphatic heterocycles. The van der Waals surface area contributed by atoms with E-state index in [1.165, 1.54) is 75.8 Å². The molecule has 9 aromatic carbocycles. The smallest absolute Gasteiger partial charge is 0.0728 e. The highest BCUT2D eigenvalue weighted by Crippen LogP contribution is 2.61. The summed E-state index contributed by atoms with van der Waals surface area (Å²) in [5.74, 6) is 0. The average molecular weight is 744 g/mol. The van der Waals surface area contributed by atoms with E-state index in [1.54, 1.807) is 0 Å². The molecule has 0 radical (unpaired) electrons. The standard InChI is InChI=1S/C55H37NS/c1-4-16-38(17-5-1)39-30-33-45(34-31-39)56(51-28-15-19-40-18-10-11-26-47(40)51)46-25-14-20-41(36-46)42-32-35-50-49(37-42)54-53(48-27-12-13-29-52(48)57-54)55(50,43-21-6-2-7-22-43)44-23-8-3-9-24-44/h1-37H. The van der Waals surface area contributed by atoms with Crippen LogP contribution in [0.25, 0.3) is 53.6 Å². The zero-order valence-corrected chi connectivity index (χ0v) is 32.0. The van der Waals surface area contributed by atoms with Gasteiger partial charge in [0.2, 0.25) is 0 Å². The maximum atomic E-state index is 2.45. The minimum atomic E-state index is -0.440. The summed E-state index contributed by atoms with van der Waals surface area (Å²) < 4.78 is 1.32. The van der Waals surface area contributed by atoms with Crippen molar-refractivity contribution < 1.29 is 0 Å². The molecule has 1 aromatic heterocycles. The van der Waals surface area contributed by atoms with Crippen LogP contribution in [0.5, 0.6) is 0 Å². The summed E-state index contributed by atoms with van der Waals surface area (Å²) in [6.07, 6.45) is 0. The second-order valence-corrected chi connectivity index (χ2v) is 15.9. The molecule has 2 heteroatoms. The molecule has 1 nitrogen and oxygen atoms in total. The summed E-state index contributed by atoms with van der Waals surface area (Å²) in [5, 5.41) is 3.76. The third-order valence-electron chi connectivity index (χ3n) is 11.7. The van der Waals surface area contributed by atoms with Gasteiger partial charge in [-0.1, -0.05) is 182 Å². The number of nitrogens with zero attached hydrogens (tertiary/aromatic N) is 1. The highest BCUT2D eigenvalue weighted by molar-refractivity contribution is 7.22. The van der Waals surface area contributed by atoms with E-state index in [0.717, 1.165) is 17.1 Å². The molecule has 0 bridgehead atoms. The molecule has 1 aliphatic carbocycles. The number of benzene rings is 9. The van der Waals surface area contributed by atoms with E-state index < -0.39 is 5.41 Å². The van der Waals surface area contributed by atoms with E-state index in [0.29, 0.717) is 0 Å². The van der Waals surface area contributed by atoms with E-state index >= 15 is 0 Å². The molecule has 0 saturated heterocycles. The van der Waals surface area contributed by atoms with Crippen molar-refractivity contribution in [2.75, 3.05) is 4.90 Å². The molecular formula is C55H37NS. The first-order chi connectivity index (χ1) is 28.3. The van der Waals surface area contributed by atoms with Crippen LogP contribution in [0.15, 0.2) is 224 Å². The summed E-state index contributed by atoms with van der Waals surface area (Å²) in [6, 6.07) is 82.3. The minimum absolute atomic E-state index is 0.440. The lowest BCUT2D eigenvalue weighted by Gasteiger charge is -2.34. The Labute approximate surface area is 337 Å². The molecule has 0 unspecified atom stereocenters. The fraction of sp³-hybridized carbons (Fsp3) is 0.0182. The summed E-state index contributed by atoms with van der Waals surface area (Å²) in [5.41, 5.74) is 14.4. The van der Waals surface area contributed by atoms with Crippen molar-refractivity contribution >= 4 is 49.3 Å². The summed E-state index contributed by atoms with van der Waals surface area (Å²) >= 11 is 1.92. The maximum absolute atomic E-state index is 2.45. The van der Waals surface area contributed by atoms with Crippen LogP contribution in [0.3, 0.4) is 0 Å². The quantitative estimate of drug-likeness (QED) is 0.157. The van der Waals surface area contributed by atoms with E-state index in [4.69, 9.17) is 0 Å². The van der Waals surface area contributed by atoms with Gasteiger partial charge >= 0.3 is 0 Å². The topological polar surface area (TPSA) is 3.24 Å². The van der Waals surface area contributed by atoms with Gasteiger partial charge in [-0.25, -0.2) is 0 Å². The molecule has 11 rings (SSSR count). The van der Waals surface area contributed by atoms with E-state index in [9.17, 15) is 0 Å². The largest absolute Gasteiger partial charge is 0.310 e. The van der Waals surface area contributed by atoms with Crippen molar-refractivity contribution in [3.63, 3.8) is 0 Å². The van der Waals surface area contributed by atoms with Crippen LogP contribution < -0.4 is 4.90 Å². The predicted octanol–water partition coefficient (Wildman–Crippen LogP) is 15.2. The monoisotopic (exact) mass is 743 g/mol. The summed E-state index contributed by atoms with van der Waals surface area (Å²) in [4.78, 5) is 3.77. The summed E-state index contributed by atoms with van der Waals surface area (Å²) in [6.45, 7) is 0. The van der Waals surface area contributed by atoms with E-state index in [-0.39, 0.29) is 0 Å². The Balaban J connectivity index is 1.10. The molecule has 10 aromatic rings. The Morgan fingerprint density at radius 1 is 0.386 bits per heavy atom. The lowest BCUT2D eigenvalue weighted by Crippen LogP contribution is -2.28. The molecule has 0 fully saturated rings. The van der Waals surface area contributed by atoms with Crippen molar-refractivity contribution in [1.82, 2.24) is 0 Å². The molecule has 1 heterocycles. The number of fused-ring (bicyclic) bond motifs is 6.